The SMILES string of the molecule is CN(C)c1ccnc(N2CCN(CCN3C(=O)c4ccccc4C3=O)CC2)n1. The van der Waals surface area contributed by atoms with Crippen molar-refractivity contribution >= 4 is 23.6 Å². The standard InChI is InChI=1S/C20H24N6O2/c1-23(2)17-7-8-21-20(22-17)25-12-9-24(10-13-25)11-14-26-18(27)15-5-3-4-6-16(15)19(26)28/h3-8H,9-14H2,1-2H3. The highest BCUT2D eigenvalue weighted by molar-refractivity contribution is 6.21. The van der Waals surface area contributed by atoms with Crippen molar-refractivity contribution < 1.29 is 9.59 Å². The summed E-state index contributed by atoms with van der Waals surface area (Å²) in [5.41, 5.74) is 1.02. The molecule has 0 spiro atoms. The van der Waals surface area contributed by atoms with E-state index in [-0.39, 0.29) is 11.8 Å². The fourth-order valence-electron chi connectivity index (χ4n) is 3.60. The van der Waals surface area contributed by atoms with E-state index in [9.17, 15) is 9.59 Å². The van der Waals surface area contributed by atoms with E-state index < -0.39 is 0 Å². The average Bonchev–Trinajstić information content (AvgIpc) is 2.97. The minimum atomic E-state index is -0.187. The largest absolute Gasteiger partial charge is 0.363 e. The van der Waals surface area contributed by atoms with E-state index in [0.717, 1.165) is 37.9 Å². The Labute approximate surface area is 164 Å². The smallest absolute Gasteiger partial charge is 0.261 e. The highest BCUT2D eigenvalue weighted by Gasteiger charge is 2.35. The van der Waals surface area contributed by atoms with Crippen LogP contribution in [-0.2, 0) is 0 Å². The zero-order chi connectivity index (χ0) is 19.7. The summed E-state index contributed by atoms with van der Waals surface area (Å²) >= 11 is 0. The van der Waals surface area contributed by atoms with Crippen LogP contribution < -0.4 is 9.80 Å². The molecule has 146 valence electrons. The molecule has 1 fully saturated rings. The number of aromatic nitrogens is 2. The van der Waals surface area contributed by atoms with Crippen molar-refractivity contribution in [1.82, 2.24) is 19.8 Å². The van der Waals surface area contributed by atoms with Crippen LogP contribution in [0.4, 0.5) is 11.8 Å². The molecule has 2 aliphatic rings. The number of amides is 2. The van der Waals surface area contributed by atoms with Gasteiger partial charge in [-0.2, -0.15) is 4.98 Å². The van der Waals surface area contributed by atoms with Gasteiger partial charge in [0.1, 0.15) is 5.82 Å². The molecular formula is C20H24N6O2. The van der Waals surface area contributed by atoms with E-state index in [1.807, 2.05) is 25.1 Å². The Morgan fingerprint density at radius 3 is 2.18 bits per heavy atom. The zero-order valence-corrected chi connectivity index (χ0v) is 16.2. The van der Waals surface area contributed by atoms with Gasteiger partial charge in [-0.25, -0.2) is 4.98 Å². The molecule has 2 aliphatic heterocycles. The quantitative estimate of drug-likeness (QED) is 0.716. The van der Waals surface area contributed by atoms with Crippen molar-refractivity contribution in [2.45, 2.75) is 0 Å². The first-order chi connectivity index (χ1) is 13.5. The van der Waals surface area contributed by atoms with Gasteiger partial charge in [-0.15, -0.1) is 0 Å². The second-order valence-electron chi connectivity index (χ2n) is 7.25. The highest BCUT2D eigenvalue weighted by Crippen LogP contribution is 2.22. The molecule has 4 rings (SSSR count). The summed E-state index contributed by atoms with van der Waals surface area (Å²) in [6.45, 7) is 4.42. The third-order valence-electron chi connectivity index (χ3n) is 5.26. The summed E-state index contributed by atoms with van der Waals surface area (Å²) in [4.78, 5) is 41.7. The maximum Gasteiger partial charge on any atom is 0.261 e. The number of fused-ring (bicyclic) bond motifs is 1. The van der Waals surface area contributed by atoms with Gasteiger partial charge in [0, 0.05) is 59.6 Å². The molecule has 2 aromatic rings. The number of rotatable bonds is 5. The van der Waals surface area contributed by atoms with Crippen LogP contribution in [0.3, 0.4) is 0 Å². The van der Waals surface area contributed by atoms with Crippen LogP contribution in [0.1, 0.15) is 20.7 Å². The number of anilines is 2. The summed E-state index contributed by atoms with van der Waals surface area (Å²) in [7, 11) is 3.92. The van der Waals surface area contributed by atoms with Gasteiger partial charge in [0.05, 0.1) is 11.1 Å². The molecule has 1 saturated heterocycles. The molecule has 0 N–H and O–H groups in total. The fraction of sp³-hybridized carbons (Fsp3) is 0.400. The molecule has 1 aromatic carbocycles. The Kier molecular flexibility index (Phi) is 4.95. The second-order valence-corrected chi connectivity index (χ2v) is 7.25. The third kappa shape index (κ3) is 3.43. The number of carbonyl (C=O) groups is 2. The minimum Gasteiger partial charge on any atom is -0.363 e. The molecule has 3 heterocycles. The van der Waals surface area contributed by atoms with Crippen molar-refractivity contribution in [3.8, 4) is 0 Å². The fourth-order valence-corrected chi connectivity index (χ4v) is 3.60. The molecule has 0 radical (unpaired) electrons. The topological polar surface area (TPSA) is 72.9 Å². The molecule has 1 aromatic heterocycles. The Hall–Kier alpha value is -3.00. The van der Waals surface area contributed by atoms with Crippen molar-refractivity contribution in [2.75, 3.05) is 63.2 Å². The summed E-state index contributed by atoms with van der Waals surface area (Å²) in [6.07, 6.45) is 1.78. The van der Waals surface area contributed by atoms with Gasteiger partial charge in [-0.05, 0) is 18.2 Å². The molecule has 28 heavy (non-hydrogen) atoms. The van der Waals surface area contributed by atoms with Gasteiger partial charge >= 0.3 is 0 Å². The summed E-state index contributed by atoms with van der Waals surface area (Å²) in [5.74, 6) is 1.26. The van der Waals surface area contributed by atoms with E-state index in [1.54, 1.807) is 30.5 Å². The lowest BCUT2D eigenvalue weighted by molar-refractivity contribution is 0.0635. The number of benzene rings is 1. The number of imide groups is 1. The van der Waals surface area contributed by atoms with E-state index in [1.165, 1.54) is 4.90 Å². The van der Waals surface area contributed by atoms with Crippen LogP contribution in [0.25, 0.3) is 0 Å². The Bertz CT molecular complexity index is 857. The van der Waals surface area contributed by atoms with Crippen LogP contribution >= 0.6 is 0 Å². The Morgan fingerprint density at radius 1 is 0.929 bits per heavy atom. The number of nitrogens with zero attached hydrogens (tertiary/aromatic N) is 6. The number of carbonyl (C=O) groups excluding carboxylic acids is 2. The number of piperazine rings is 1. The molecule has 8 nitrogen and oxygen atoms in total. The lowest BCUT2D eigenvalue weighted by Crippen LogP contribution is -2.49. The van der Waals surface area contributed by atoms with Gasteiger partial charge in [-0.3, -0.25) is 19.4 Å². The molecule has 2 amide bonds. The molecule has 0 bridgehead atoms. The summed E-state index contributed by atoms with van der Waals surface area (Å²) < 4.78 is 0. The molecule has 0 saturated carbocycles. The predicted molar refractivity (Wildman–Crippen MR) is 107 cm³/mol. The van der Waals surface area contributed by atoms with Crippen molar-refractivity contribution in [1.29, 1.82) is 0 Å². The van der Waals surface area contributed by atoms with Crippen molar-refractivity contribution in [3.63, 3.8) is 0 Å². The molecule has 0 aliphatic carbocycles. The van der Waals surface area contributed by atoms with E-state index >= 15 is 0 Å². The van der Waals surface area contributed by atoms with Crippen LogP contribution in [0.15, 0.2) is 36.5 Å². The van der Waals surface area contributed by atoms with E-state index in [0.29, 0.717) is 24.2 Å². The first kappa shape index (κ1) is 18.4. The lowest BCUT2D eigenvalue weighted by atomic mass is 10.1. The molecule has 0 atom stereocenters. The summed E-state index contributed by atoms with van der Waals surface area (Å²) in [6, 6.07) is 8.91. The predicted octanol–water partition coefficient (Wildman–Crippen LogP) is 0.961. The molecule has 8 heteroatoms. The maximum atomic E-state index is 12.5. The minimum absolute atomic E-state index is 0.187. The molecular weight excluding hydrogens is 356 g/mol. The summed E-state index contributed by atoms with van der Waals surface area (Å²) in [5, 5.41) is 0. The second kappa shape index (κ2) is 7.55. The van der Waals surface area contributed by atoms with Gasteiger partial charge < -0.3 is 9.80 Å². The third-order valence-corrected chi connectivity index (χ3v) is 5.26. The van der Waals surface area contributed by atoms with Crippen molar-refractivity contribution in [3.05, 3.63) is 47.7 Å². The van der Waals surface area contributed by atoms with Crippen LogP contribution in [0.2, 0.25) is 0 Å². The van der Waals surface area contributed by atoms with Gasteiger partial charge in [0.25, 0.3) is 11.8 Å². The van der Waals surface area contributed by atoms with Gasteiger partial charge in [0.15, 0.2) is 0 Å². The van der Waals surface area contributed by atoms with Gasteiger partial charge in [0.2, 0.25) is 5.95 Å². The maximum absolute atomic E-state index is 12.5. The lowest BCUT2D eigenvalue weighted by Gasteiger charge is -2.35. The van der Waals surface area contributed by atoms with E-state index in [2.05, 4.69) is 19.8 Å². The molecule has 0 unspecified atom stereocenters. The van der Waals surface area contributed by atoms with Crippen molar-refractivity contribution in [2.24, 2.45) is 0 Å². The monoisotopic (exact) mass is 380 g/mol. The zero-order valence-electron chi connectivity index (χ0n) is 16.2. The first-order valence-electron chi connectivity index (χ1n) is 9.47. The first-order valence-corrected chi connectivity index (χ1v) is 9.47. The van der Waals surface area contributed by atoms with Crippen LogP contribution in [0, 0.1) is 0 Å². The highest BCUT2D eigenvalue weighted by atomic mass is 16.2. The number of hydrogen-bond acceptors (Lipinski definition) is 7. The van der Waals surface area contributed by atoms with Crippen LogP contribution in [0.5, 0.6) is 0 Å². The van der Waals surface area contributed by atoms with E-state index in [4.69, 9.17) is 0 Å². The van der Waals surface area contributed by atoms with Crippen LogP contribution in [-0.4, -0.2) is 84.9 Å². The Morgan fingerprint density at radius 2 is 1.57 bits per heavy atom. The number of hydrogen-bond donors (Lipinski definition) is 0. The normalized spacial score (nSPS) is 17.2. The average molecular weight is 380 g/mol. The van der Waals surface area contributed by atoms with Gasteiger partial charge in [-0.1, -0.05) is 12.1 Å². The Balaban J connectivity index is 1.32.